The molecule has 3 aromatic heterocycles. The van der Waals surface area contributed by atoms with Crippen molar-refractivity contribution in [1.82, 2.24) is 15.0 Å². The van der Waals surface area contributed by atoms with Gasteiger partial charge in [-0.3, -0.25) is 4.98 Å². The number of anilines is 2. The summed E-state index contributed by atoms with van der Waals surface area (Å²) in [4.78, 5) is 31.4. The molecule has 2 aliphatic heterocycles. The molecule has 0 saturated carbocycles. The Kier molecular flexibility index (Phi) is 7.70. The highest BCUT2D eigenvalue weighted by Gasteiger charge is 2.36. The van der Waals surface area contributed by atoms with Crippen LogP contribution in [0.4, 0.5) is 11.5 Å². The summed E-state index contributed by atoms with van der Waals surface area (Å²) in [7, 11) is 0. The van der Waals surface area contributed by atoms with Crippen LogP contribution in [0.3, 0.4) is 0 Å². The van der Waals surface area contributed by atoms with Gasteiger partial charge in [-0.2, -0.15) is 0 Å². The van der Waals surface area contributed by atoms with Crippen molar-refractivity contribution in [3.8, 4) is 11.1 Å². The first-order valence-corrected chi connectivity index (χ1v) is 16.5. The molecule has 1 N–H and O–H groups in total. The Bertz CT molecular complexity index is 1980. The molecule has 5 aromatic rings. The zero-order chi connectivity index (χ0) is 33.1. The molecule has 0 aliphatic carbocycles. The van der Waals surface area contributed by atoms with Crippen molar-refractivity contribution in [3.05, 3.63) is 77.4 Å². The summed E-state index contributed by atoms with van der Waals surface area (Å²) < 4.78 is 12.5. The fraction of sp³-hybridized carbons (Fsp3) is 0.421. The Balaban J connectivity index is 1.28. The Hall–Kier alpha value is -4.50. The monoisotopic (exact) mass is 633 g/mol. The van der Waals surface area contributed by atoms with Crippen LogP contribution in [0.15, 0.2) is 59.4 Å². The van der Waals surface area contributed by atoms with Gasteiger partial charge in [-0.05, 0) is 81.2 Å². The lowest BCUT2D eigenvalue weighted by molar-refractivity contribution is -0.160. The van der Waals surface area contributed by atoms with Crippen molar-refractivity contribution in [1.29, 1.82) is 0 Å². The van der Waals surface area contributed by atoms with Crippen molar-refractivity contribution in [2.24, 2.45) is 5.41 Å². The summed E-state index contributed by atoms with van der Waals surface area (Å²) in [5.41, 5.74) is 8.67. The molecule has 1 fully saturated rings. The van der Waals surface area contributed by atoms with Crippen LogP contribution in [0.25, 0.3) is 33.2 Å². The van der Waals surface area contributed by atoms with E-state index in [2.05, 4.69) is 51.8 Å². The molecule has 0 radical (unpaired) electrons. The predicted octanol–water partition coefficient (Wildman–Crippen LogP) is 7.88. The van der Waals surface area contributed by atoms with Crippen molar-refractivity contribution in [3.63, 3.8) is 0 Å². The third kappa shape index (κ3) is 5.93. The van der Waals surface area contributed by atoms with Gasteiger partial charge in [-0.1, -0.05) is 44.2 Å². The minimum Gasteiger partial charge on any atom is -0.479 e. The number of aromatic nitrogens is 3. The number of pyridine rings is 1. The third-order valence-corrected chi connectivity index (χ3v) is 9.65. The molecule has 47 heavy (non-hydrogen) atoms. The first kappa shape index (κ1) is 31.1. The quantitative estimate of drug-likeness (QED) is 0.200. The number of furan rings is 1. The van der Waals surface area contributed by atoms with Gasteiger partial charge in [-0.15, -0.1) is 0 Å². The normalized spacial score (nSPS) is 17.2. The molecule has 0 spiro atoms. The smallest absolute Gasteiger partial charge is 0.337 e. The molecule has 0 bridgehead atoms. The number of hydrogen-bond acceptors (Lipinski definition) is 8. The minimum atomic E-state index is -1.14. The van der Waals surface area contributed by atoms with Gasteiger partial charge >= 0.3 is 5.97 Å². The molecule has 9 nitrogen and oxygen atoms in total. The lowest BCUT2D eigenvalue weighted by Gasteiger charge is -2.41. The van der Waals surface area contributed by atoms with E-state index in [1.54, 1.807) is 6.33 Å². The van der Waals surface area contributed by atoms with Crippen LogP contribution in [0, 0.1) is 12.3 Å². The number of benzene rings is 2. The van der Waals surface area contributed by atoms with Crippen molar-refractivity contribution in [2.75, 3.05) is 29.4 Å². The van der Waals surface area contributed by atoms with Gasteiger partial charge in [0.25, 0.3) is 0 Å². The number of piperidine rings is 1. The van der Waals surface area contributed by atoms with Crippen molar-refractivity contribution in [2.45, 2.75) is 79.1 Å². The average molecular weight is 634 g/mol. The van der Waals surface area contributed by atoms with E-state index in [9.17, 15) is 9.90 Å². The molecular weight excluding hydrogens is 590 g/mol. The standard InChI is InChI=1S/C38H43N5O4/c1-23-30(33(36(44)45)47-37(2,3)4)32(42-17-14-38(5,6)15-18-42)28(20-39-23)25-11-12-26-21-43(16-13-24(26)19-25)35-34-31(40-22-41-35)27-9-7-8-10-29(27)46-34/h7-12,19-20,22,33H,13-18,21H2,1-6H3,(H,44,45)/t33-/m0/s1. The van der Waals surface area contributed by atoms with Crippen LogP contribution in [0.5, 0.6) is 0 Å². The fourth-order valence-electron chi connectivity index (χ4n) is 7.03. The summed E-state index contributed by atoms with van der Waals surface area (Å²) in [5.74, 6) is -0.198. The van der Waals surface area contributed by atoms with Gasteiger partial charge < -0.3 is 24.1 Å². The molecule has 2 aliphatic rings. The van der Waals surface area contributed by atoms with Gasteiger partial charge in [0, 0.05) is 54.6 Å². The Morgan fingerprint density at radius 3 is 2.51 bits per heavy atom. The van der Waals surface area contributed by atoms with Crippen LogP contribution in [-0.4, -0.2) is 51.3 Å². The topological polar surface area (TPSA) is 105 Å². The fourth-order valence-corrected chi connectivity index (χ4v) is 7.03. The number of nitrogens with zero attached hydrogens (tertiary/aromatic N) is 5. The summed E-state index contributed by atoms with van der Waals surface area (Å²) >= 11 is 0. The van der Waals surface area contributed by atoms with Crippen molar-refractivity contribution >= 4 is 39.5 Å². The van der Waals surface area contributed by atoms with Crippen LogP contribution in [0.1, 0.15) is 75.9 Å². The Morgan fingerprint density at radius 1 is 1.00 bits per heavy atom. The number of ether oxygens (including phenoxy) is 1. The average Bonchev–Trinajstić information content (AvgIpc) is 3.42. The van der Waals surface area contributed by atoms with Crippen LogP contribution >= 0.6 is 0 Å². The van der Waals surface area contributed by atoms with Gasteiger partial charge in [0.05, 0.1) is 11.3 Å². The Labute approximate surface area is 275 Å². The zero-order valence-electron chi connectivity index (χ0n) is 28.1. The number of aryl methyl sites for hydroxylation is 1. The first-order chi connectivity index (χ1) is 22.4. The zero-order valence-corrected chi connectivity index (χ0v) is 28.1. The molecule has 2 aromatic carbocycles. The lowest BCUT2D eigenvalue weighted by atomic mass is 9.82. The number of para-hydroxylation sites is 1. The van der Waals surface area contributed by atoms with Crippen LogP contribution in [-0.2, 0) is 22.5 Å². The lowest BCUT2D eigenvalue weighted by Crippen LogP contribution is -2.39. The van der Waals surface area contributed by atoms with E-state index in [1.807, 2.05) is 58.2 Å². The molecule has 1 saturated heterocycles. The number of hydrogen-bond donors (Lipinski definition) is 1. The third-order valence-electron chi connectivity index (χ3n) is 9.65. The van der Waals surface area contributed by atoms with Gasteiger partial charge in [0.15, 0.2) is 17.5 Å². The molecule has 9 heteroatoms. The number of fused-ring (bicyclic) bond motifs is 4. The maximum Gasteiger partial charge on any atom is 0.337 e. The molecule has 0 amide bonds. The van der Waals surface area contributed by atoms with Crippen LogP contribution < -0.4 is 9.80 Å². The SMILES string of the molecule is Cc1ncc(-c2ccc3c(c2)CCN(c2ncnc4c2oc2ccccc24)C3)c(N2CCC(C)(C)CC2)c1[C@H](OC(C)(C)C)C(=O)O. The number of rotatable bonds is 6. The number of aliphatic carboxylic acids is 1. The highest BCUT2D eigenvalue weighted by atomic mass is 16.5. The molecule has 1 atom stereocenters. The van der Waals surface area contributed by atoms with E-state index in [0.717, 1.165) is 78.0 Å². The number of carbonyl (C=O) groups is 1. The molecule has 244 valence electrons. The molecule has 7 rings (SSSR count). The summed E-state index contributed by atoms with van der Waals surface area (Å²) in [6.07, 6.45) is 5.27. The number of carboxylic acid groups (broad SMARTS) is 1. The highest BCUT2D eigenvalue weighted by Crippen LogP contribution is 2.44. The van der Waals surface area contributed by atoms with Gasteiger partial charge in [0.1, 0.15) is 17.4 Å². The maximum atomic E-state index is 12.8. The Morgan fingerprint density at radius 2 is 1.77 bits per heavy atom. The summed E-state index contributed by atoms with van der Waals surface area (Å²) in [5, 5.41) is 11.5. The summed E-state index contributed by atoms with van der Waals surface area (Å²) in [6.45, 7) is 15.4. The van der Waals surface area contributed by atoms with Crippen LogP contribution in [0.2, 0.25) is 0 Å². The summed E-state index contributed by atoms with van der Waals surface area (Å²) in [6, 6.07) is 14.6. The second-order valence-electron chi connectivity index (χ2n) is 14.7. The van der Waals surface area contributed by atoms with E-state index >= 15 is 0 Å². The second-order valence-corrected chi connectivity index (χ2v) is 14.7. The van der Waals surface area contributed by atoms with E-state index in [1.165, 1.54) is 11.1 Å². The number of carboxylic acids is 1. The van der Waals surface area contributed by atoms with E-state index in [0.29, 0.717) is 23.4 Å². The predicted molar refractivity (Wildman–Crippen MR) is 185 cm³/mol. The highest BCUT2D eigenvalue weighted by molar-refractivity contribution is 6.05. The maximum absolute atomic E-state index is 12.8. The van der Waals surface area contributed by atoms with E-state index in [-0.39, 0.29) is 5.41 Å². The van der Waals surface area contributed by atoms with E-state index < -0.39 is 17.7 Å². The van der Waals surface area contributed by atoms with Gasteiger partial charge in [0.2, 0.25) is 0 Å². The first-order valence-electron chi connectivity index (χ1n) is 16.5. The van der Waals surface area contributed by atoms with E-state index in [4.69, 9.17) is 14.1 Å². The molecule has 5 heterocycles. The minimum absolute atomic E-state index is 0.238. The molecule has 0 unspecified atom stereocenters. The van der Waals surface area contributed by atoms with Crippen molar-refractivity contribution < 1.29 is 19.1 Å². The second kappa shape index (κ2) is 11.6. The van der Waals surface area contributed by atoms with Gasteiger partial charge in [-0.25, -0.2) is 14.8 Å². The largest absolute Gasteiger partial charge is 0.479 e. The molecular formula is C38H43N5O4.